The predicted octanol–water partition coefficient (Wildman–Crippen LogP) is 6.19. The van der Waals surface area contributed by atoms with Gasteiger partial charge in [-0.3, -0.25) is 4.79 Å². The SMILES string of the molecule is CC(C)(C)c1ccc(C=C2CCc3c2nc2ccccc2c3C(=O)OCC(=O)N2CCCCC2)cc1. The molecule has 2 aromatic carbocycles. The van der Waals surface area contributed by atoms with Crippen molar-refractivity contribution in [3.63, 3.8) is 0 Å². The van der Waals surface area contributed by atoms with Crippen LogP contribution >= 0.6 is 0 Å². The lowest BCUT2D eigenvalue weighted by molar-refractivity contribution is -0.135. The molecule has 0 unspecified atom stereocenters. The normalized spacial score (nSPS) is 16.9. The maximum Gasteiger partial charge on any atom is 0.339 e. The van der Waals surface area contributed by atoms with Crippen LogP contribution in [0.15, 0.2) is 48.5 Å². The first-order valence-electron chi connectivity index (χ1n) is 13.0. The molecule has 1 fully saturated rings. The number of piperidine rings is 1. The molecular weight excluding hydrogens is 448 g/mol. The highest BCUT2D eigenvalue weighted by Gasteiger charge is 2.28. The number of hydrogen-bond acceptors (Lipinski definition) is 4. The molecule has 186 valence electrons. The largest absolute Gasteiger partial charge is 0.452 e. The standard InChI is InChI=1S/C31H34N2O3/c1-31(2,3)23-14-11-21(12-15-23)19-22-13-16-25-28(24-9-5-6-10-26(24)32-29(22)25)30(35)36-20-27(34)33-17-7-4-8-18-33/h5-6,9-12,14-15,19H,4,7-8,13,16-18,20H2,1-3H3. The summed E-state index contributed by atoms with van der Waals surface area (Å²) in [6.07, 6.45) is 6.88. The number of carbonyl (C=O) groups excluding carboxylic acids is 2. The highest BCUT2D eigenvalue weighted by molar-refractivity contribution is 6.07. The molecule has 1 aromatic heterocycles. The minimum atomic E-state index is -0.439. The number of likely N-dealkylation sites (tertiary alicyclic amines) is 1. The number of para-hydroxylation sites is 1. The van der Waals surface area contributed by atoms with Crippen molar-refractivity contribution in [1.82, 2.24) is 9.88 Å². The lowest BCUT2D eigenvalue weighted by Gasteiger charge is -2.26. The van der Waals surface area contributed by atoms with Gasteiger partial charge in [-0.1, -0.05) is 63.2 Å². The van der Waals surface area contributed by atoms with Crippen molar-refractivity contribution in [3.05, 3.63) is 76.5 Å². The summed E-state index contributed by atoms with van der Waals surface area (Å²) in [5.41, 5.74) is 6.75. The minimum Gasteiger partial charge on any atom is -0.452 e. The van der Waals surface area contributed by atoms with Crippen LogP contribution < -0.4 is 0 Å². The average Bonchev–Trinajstić information content (AvgIpc) is 3.27. The Balaban J connectivity index is 1.45. The molecule has 0 spiro atoms. The lowest BCUT2D eigenvalue weighted by atomic mass is 9.86. The molecule has 5 nitrogen and oxygen atoms in total. The van der Waals surface area contributed by atoms with Crippen molar-refractivity contribution in [2.45, 2.75) is 58.3 Å². The number of rotatable bonds is 4. The van der Waals surface area contributed by atoms with E-state index in [4.69, 9.17) is 9.72 Å². The number of aromatic nitrogens is 1. The van der Waals surface area contributed by atoms with Gasteiger partial charge in [0.05, 0.1) is 16.8 Å². The Hall–Kier alpha value is -3.47. The van der Waals surface area contributed by atoms with Gasteiger partial charge in [-0.05, 0) is 71.9 Å². The van der Waals surface area contributed by atoms with Crippen LogP contribution in [0.25, 0.3) is 22.6 Å². The van der Waals surface area contributed by atoms with E-state index in [1.54, 1.807) is 4.90 Å². The Morgan fingerprint density at radius 2 is 1.69 bits per heavy atom. The number of amides is 1. The summed E-state index contributed by atoms with van der Waals surface area (Å²) in [7, 11) is 0. The summed E-state index contributed by atoms with van der Waals surface area (Å²) in [6, 6.07) is 16.3. The Kier molecular flexibility index (Phi) is 6.65. The number of hydrogen-bond donors (Lipinski definition) is 0. The van der Waals surface area contributed by atoms with Crippen LogP contribution in [0.1, 0.15) is 79.2 Å². The molecule has 3 aromatic rings. The maximum absolute atomic E-state index is 13.4. The highest BCUT2D eigenvalue weighted by atomic mass is 16.5. The number of allylic oxidation sites excluding steroid dienone is 1. The second kappa shape index (κ2) is 9.88. The van der Waals surface area contributed by atoms with Crippen LogP contribution in [0, 0.1) is 0 Å². The fraction of sp³-hybridized carbons (Fsp3) is 0.387. The van der Waals surface area contributed by atoms with E-state index in [1.807, 2.05) is 24.3 Å². The molecule has 0 radical (unpaired) electrons. The summed E-state index contributed by atoms with van der Waals surface area (Å²) in [4.78, 5) is 32.7. The van der Waals surface area contributed by atoms with Crippen molar-refractivity contribution in [2.24, 2.45) is 0 Å². The van der Waals surface area contributed by atoms with Crippen molar-refractivity contribution in [3.8, 4) is 0 Å². The Morgan fingerprint density at radius 1 is 0.972 bits per heavy atom. The second-order valence-corrected chi connectivity index (χ2v) is 10.9. The van der Waals surface area contributed by atoms with Gasteiger partial charge >= 0.3 is 5.97 Å². The number of pyridine rings is 1. The summed E-state index contributed by atoms with van der Waals surface area (Å²) in [5, 5.41) is 0.780. The number of nitrogens with zero attached hydrogens (tertiary/aromatic N) is 2. The molecule has 1 saturated heterocycles. The summed E-state index contributed by atoms with van der Waals surface area (Å²) in [5.74, 6) is -0.552. The van der Waals surface area contributed by atoms with Crippen LogP contribution in [0.3, 0.4) is 0 Å². The van der Waals surface area contributed by atoms with Gasteiger partial charge in [-0.2, -0.15) is 0 Å². The van der Waals surface area contributed by atoms with E-state index < -0.39 is 5.97 Å². The van der Waals surface area contributed by atoms with Gasteiger partial charge in [0.1, 0.15) is 0 Å². The maximum atomic E-state index is 13.4. The van der Waals surface area contributed by atoms with Gasteiger partial charge in [0, 0.05) is 18.5 Å². The quantitative estimate of drug-likeness (QED) is 0.416. The first-order valence-corrected chi connectivity index (χ1v) is 13.0. The Bertz CT molecular complexity index is 1330. The van der Waals surface area contributed by atoms with Crippen LogP contribution in [0.5, 0.6) is 0 Å². The fourth-order valence-electron chi connectivity index (χ4n) is 5.23. The molecule has 2 heterocycles. The van der Waals surface area contributed by atoms with E-state index >= 15 is 0 Å². The molecule has 36 heavy (non-hydrogen) atoms. The van der Waals surface area contributed by atoms with E-state index in [0.717, 1.165) is 78.5 Å². The summed E-state index contributed by atoms with van der Waals surface area (Å²) in [6.45, 7) is 7.91. The molecule has 5 heteroatoms. The molecule has 1 amide bonds. The summed E-state index contributed by atoms with van der Waals surface area (Å²) < 4.78 is 5.60. The summed E-state index contributed by atoms with van der Waals surface area (Å²) >= 11 is 0. The van der Waals surface area contributed by atoms with Gasteiger partial charge in [-0.15, -0.1) is 0 Å². The predicted molar refractivity (Wildman–Crippen MR) is 144 cm³/mol. The van der Waals surface area contributed by atoms with Crippen molar-refractivity contribution in [2.75, 3.05) is 19.7 Å². The fourth-order valence-corrected chi connectivity index (χ4v) is 5.23. The highest BCUT2D eigenvalue weighted by Crippen LogP contribution is 2.38. The first kappa shape index (κ1) is 24.2. The van der Waals surface area contributed by atoms with Crippen molar-refractivity contribution < 1.29 is 14.3 Å². The molecule has 2 aliphatic rings. The number of esters is 1. The third kappa shape index (κ3) is 4.92. The molecule has 1 aliphatic carbocycles. The number of carbonyl (C=O) groups is 2. The Labute approximate surface area is 213 Å². The minimum absolute atomic E-state index is 0.108. The van der Waals surface area contributed by atoms with Crippen LogP contribution in [0.2, 0.25) is 0 Å². The van der Waals surface area contributed by atoms with Crippen LogP contribution in [0.4, 0.5) is 0 Å². The third-order valence-electron chi connectivity index (χ3n) is 7.30. The van der Waals surface area contributed by atoms with Gasteiger partial charge in [-0.25, -0.2) is 9.78 Å². The number of benzene rings is 2. The van der Waals surface area contributed by atoms with E-state index in [0.29, 0.717) is 5.56 Å². The number of fused-ring (bicyclic) bond motifs is 2. The molecule has 1 aliphatic heterocycles. The first-order chi connectivity index (χ1) is 17.3. The molecule has 0 saturated carbocycles. The third-order valence-corrected chi connectivity index (χ3v) is 7.30. The average molecular weight is 483 g/mol. The molecule has 0 N–H and O–H groups in total. The van der Waals surface area contributed by atoms with E-state index in [-0.39, 0.29) is 17.9 Å². The van der Waals surface area contributed by atoms with Crippen LogP contribution in [-0.2, 0) is 21.4 Å². The van der Waals surface area contributed by atoms with E-state index in [2.05, 4.69) is 51.1 Å². The van der Waals surface area contributed by atoms with Gasteiger partial charge in [0.2, 0.25) is 0 Å². The van der Waals surface area contributed by atoms with E-state index in [1.165, 1.54) is 5.56 Å². The zero-order valence-corrected chi connectivity index (χ0v) is 21.5. The monoisotopic (exact) mass is 482 g/mol. The molecule has 0 atom stereocenters. The van der Waals surface area contributed by atoms with Gasteiger partial charge in [0.25, 0.3) is 5.91 Å². The Morgan fingerprint density at radius 3 is 2.42 bits per heavy atom. The topological polar surface area (TPSA) is 59.5 Å². The van der Waals surface area contributed by atoms with Crippen LogP contribution in [-0.4, -0.2) is 41.5 Å². The molecule has 5 rings (SSSR count). The number of ether oxygens (including phenoxy) is 1. The molecular formula is C31H34N2O3. The van der Waals surface area contributed by atoms with Crippen molar-refractivity contribution in [1.29, 1.82) is 0 Å². The second-order valence-electron chi connectivity index (χ2n) is 10.9. The van der Waals surface area contributed by atoms with Gasteiger partial charge in [0.15, 0.2) is 6.61 Å². The zero-order valence-electron chi connectivity index (χ0n) is 21.5. The smallest absolute Gasteiger partial charge is 0.339 e. The molecule has 0 bridgehead atoms. The van der Waals surface area contributed by atoms with Gasteiger partial charge < -0.3 is 9.64 Å². The zero-order chi connectivity index (χ0) is 25.3. The van der Waals surface area contributed by atoms with Crippen molar-refractivity contribution >= 4 is 34.4 Å². The van der Waals surface area contributed by atoms with E-state index in [9.17, 15) is 9.59 Å². The lowest BCUT2D eigenvalue weighted by Crippen LogP contribution is -2.38.